The van der Waals surface area contributed by atoms with Gasteiger partial charge in [0.1, 0.15) is 0 Å². The van der Waals surface area contributed by atoms with Crippen molar-refractivity contribution in [1.29, 1.82) is 0 Å². The fourth-order valence-electron chi connectivity index (χ4n) is 2.64. The second-order valence-corrected chi connectivity index (χ2v) is 5.44. The first-order chi connectivity index (χ1) is 11.0. The summed E-state index contributed by atoms with van der Waals surface area (Å²) in [5.41, 5.74) is 5.08. The first-order valence-electron chi connectivity index (χ1n) is 7.58. The van der Waals surface area contributed by atoms with Gasteiger partial charge in [-0.2, -0.15) is 0 Å². The summed E-state index contributed by atoms with van der Waals surface area (Å²) in [7, 11) is 0. The number of aldehydes is 1. The highest BCUT2D eigenvalue weighted by molar-refractivity contribution is 5.98. The quantitative estimate of drug-likeness (QED) is 0.659. The second kappa shape index (κ2) is 7.09. The molecule has 0 saturated carbocycles. The molecule has 0 heterocycles. The van der Waals surface area contributed by atoms with Crippen LogP contribution in [-0.2, 0) is 4.74 Å². The monoisotopic (exact) mass is 311 g/mol. The molecule has 0 aliphatic carbocycles. The number of para-hydroxylation sites is 1. The van der Waals surface area contributed by atoms with Gasteiger partial charge in [0.05, 0.1) is 17.9 Å². The first-order valence-corrected chi connectivity index (χ1v) is 7.58. The second-order valence-electron chi connectivity index (χ2n) is 5.44. The fraction of sp³-hybridized carbons (Fsp3) is 0.263. The lowest BCUT2D eigenvalue weighted by molar-refractivity contribution is 0.0524. The molecule has 23 heavy (non-hydrogen) atoms. The molecule has 2 aromatic rings. The normalized spacial score (nSPS) is 10.3. The zero-order valence-corrected chi connectivity index (χ0v) is 13.9. The van der Waals surface area contributed by atoms with Crippen LogP contribution in [-0.4, -0.2) is 18.9 Å². The Morgan fingerprint density at radius 3 is 2.48 bits per heavy atom. The molecular formula is C19H21NO3. The van der Waals surface area contributed by atoms with Crippen molar-refractivity contribution in [3.8, 4) is 0 Å². The average molecular weight is 311 g/mol. The summed E-state index contributed by atoms with van der Waals surface area (Å²) in [6.45, 7) is 7.71. The maximum Gasteiger partial charge on any atom is 0.338 e. The van der Waals surface area contributed by atoms with E-state index in [1.165, 1.54) is 0 Å². The summed E-state index contributed by atoms with van der Waals surface area (Å²) in [5, 5.41) is 3.29. The highest BCUT2D eigenvalue weighted by atomic mass is 16.5. The van der Waals surface area contributed by atoms with Crippen LogP contribution in [0.2, 0.25) is 0 Å². The molecule has 1 N–H and O–H groups in total. The molecule has 0 aliphatic rings. The van der Waals surface area contributed by atoms with Gasteiger partial charge in [-0.25, -0.2) is 4.79 Å². The minimum absolute atomic E-state index is 0.313. The van der Waals surface area contributed by atoms with E-state index in [0.29, 0.717) is 29.0 Å². The molecule has 4 heteroatoms. The third-order valence-electron chi connectivity index (χ3n) is 3.82. The Morgan fingerprint density at radius 2 is 1.87 bits per heavy atom. The van der Waals surface area contributed by atoms with E-state index < -0.39 is 0 Å². The minimum atomic E-state index is -0.368. The van der Waals surface area contributed by atoms with Gasteiger partial charge in [0, 0.05) is 11.3 Å². The highest BCUT2D eigenvalue weighted by Gasteiger charge is 2.19. The largest absolute Gasteiger partial charge is 0.462 e. The number of carbonyl (C=O) groups excluding carboxylic acids is 2. The summed E-state index contributed by atoms with van der Waals surface area (Å²) in [5.74, 6) is -0.368. The van der Waals surface area contributed by atoms with Crippen LogP contribution in [0.3, 0.4) is 0 Å². The summed E-state index contributed by atoms with van der Waals surface area (Å²) < 4.78 is 5.14. The molecule has 0 aliphatic heterocycles. The van der Waals surface area contributed by atoms with Gasteiger partial charge in [-0.1, -0.05) is 18.2 Å². The van der Waals surface area contributed by atoms with Crippen LogP contribution in [0.5, 0.6) is 0 Å². The van der Waals surface area contributed by atoms with Gasteiger partial charge in [-0.05, 0) is 56.5 Å². The van der Waals surface area contributed by atoms with Crippen LogP contribution in [0, 0.1) is 20.8 Å². The van der Waals surface area contributed by atoms with E-state index in [4.69, 9.17) is 4.74 Å². The number of anilines is 2. The summed E-state index contributed by atoms with van der Waals surface area (Å²) >= 11 is 0. The molecule has 4 nitrogen and oxygen atoms in total. The molecule has 0 atom stereocenters. The molecule has 0 aromatic heterocycles. The highest BCUT2D eigenvalue weighted by Crippen LogP contribution is 2.30. The first kappa shape index (κ1) is 16.7. The number of hydrogen-bond acceptors (Lipinski definition) is 4. The maximum absolute atomic E-state index is 12.2. The van der Waals surface area contributed by atoms with Crippen molar-refractivity contribution in [1.82, 2.24) is 0 Å². The van der Waals surface area contributed by atoms with Gasteiger partial charge < -0.3 is 10.1 Å². The molecule has 2 rings (SSSR count). The number of ether oxygens (including phenoxy) is 1. The van der Waals surface area contributed by atoms with Gasteiger partial charge in [-0.15, -0.1) is 0 Å². The van der Waals surface area contributed by atoms with Crippen LogP contribution in [0.4, 0.5) is 11.4 Å². The van der Waals surface area contributed by atoms with E-state index in [2.05, 4.69) is 5.32 Å². The minimum Gasteiger partial charge on any atom is -0.462 e. The maximum atomic E-state index is 12.2. The van der Waals surface area contributed by atoms with Crippen LogP contribution in [0.1, 0.15) is 44.3 Å². The van der Waals surface area contributed by atoms with Gasteiger partial charge >= 0.3 is 5.97 Å². The lowest BCUT2D eigenvalue weighted by atomic mass is 9.96. The standard InChI is InChI=1S/C19H21NO3/c1-5-23-19(22)17-13(3)10-15(11-21)18(14(17)4)20-16-9-7-6-8-12(16)2/h6-11,20H,5H2,1-4H3. The SMILES string of the molecule is CCOC(=O)c1c(C)cc(C=O)c(Nc2ccccc2C)c1C. The zero-order valence-electron chi connectivity index (χ0n) is 13.9. The molecule has 0 bridgehead atoms. The van der Waals surface area contributed by atoms with Crippen molar-refractivity contribution < 1.29 is 14.3 Å². The predicted octanol–water partition coefficient (Wildman–Crippen LogP) is 4.34. The lowest BCUT2D eigenvalue weighted by Gasteiger charge is -2.18. The van der Waals surface area contributed by atoms with Crippen LogP contribution in [0.15, 0.2) is 30.3 Å². The number of aryl methyl sites for hydroxylation is 2. The van der Waals surface area contributed by atoms with E-state index in [0.717, 1.165) is 23.1 Å². The molecule has 0 unspecified atom stereocenters. The third kappa shape index (κ3) is 3.42. The summed E-state index contributed by atoms with van der Waals surface area (Å²) in [4.78, 5) is 23.7. The van der Waals surface area contributed by atoms with Gasteiger partial charge in [-0.3, -0.25) is 4.79 Å². The Labute approximate surface area is 136 Å². The van der Waals surface area contributed by atoms with Crippen molar-refractivity contribution in [3.05, 3.63) is 58.1 Å². The van der Waals surface area contributed by atoms with Crippen molar-refractivity contribution in [2.24, 2.45) is 0 Å². The van der Waals surface area contributed by atoms with Crippen molar-refractivity contribution in [2.45, 2.75) is 27.7 Å². The number of nitrogens with one attached hydrogen (secondary N) is 1. The number of hydrogen-bond donors (Lipinski definition) is 1. The Kier molecular flexibility index (Phi) is 5.16. The van der Waals surface area contributed by atoms with Gasteiger partial charge in [0.25, 0.3) is 0 Å². The van der Waals surface area contributed by atoms with E-state index in [9.17, 15) is 9.59 Å². The van der Waals surface area contributed by atoms with Gasteiger partial charge in [0.15, 0.2) is 6.29 Å². The summed E-state index contributed by atoms with van der Waals surface area (Å²) in [6.07, 6.45) is 0.801. The Morgan fingerprint density at radius 1 is 1.17 bits per heavy atom. The molecule has 0 spiro atoms. The van der Waals surface area contributed by atoms with Crippen LogP contribution >= 0.6 is 0 Å². The van der Waals surface area contributed by atoms with Crippen molar-refractivity contribution in [2.75, 3.05) is 11.9 Å². The Hall–Kier alpha value is -2.62. The topological polar surface area (TPSA) is 55.4 Å². The van der Waals surface area contributed by atoms with E-state index in [1.54, 1.807) is 13.0 Å². The van der Waals surface area contributed by atoms with E-state index in [1.807, 2.05) is 45.0 Å². The number of carbonyl (C=O) groups is 2. The third-order valence-corrected chi connectivity index (χ3v) is 3.82. The predicted molar refractivity (Wildman–Crippen MR) is 91.7 cm³/mol. The van der Waals surface area contributed by atoms with E-state index in [-0.39, 0.29) is 5.97 Å². The number of rotatable bonds is 5. The van der Waals surface area contributed by atoms with Crippen LogP contribution < -0.4 is 5.32 Å². The number of esters is 1. The lowest BCUT2D eigenvalue weighted by Crippen LogP contribution is -2.12. The molecule has 0 saturated heterocycles. The molecule has 2 aromatic carbocycles. The molecule has 0 fully saturated rings. The Bertz CT molecular complexity index is 751. The summed E-state index contributed by atoms with van der Waals surface area (Å²) in [6, 6.07) is 9.51. The van der Waals surface area contributed by atoms with Gasteiger partial charge in [0.2, 0.25) is 0 Å². The molecule has 120 valence electrons. The number of benzene rings is 2. The molecular weight excluding hydrogens is 290 g/mol. The van der Waals surface area contributed by atoms with E-state index >= 15 is 0 Å². The van der Waals surface area contributed by atoms with Crippen molar-refractivity contribution in [3.63, 3.8) is 0 Å². The average Bonchev–Trinajstić information content (AvgIpc) is 2.52. The molecule has 0 radical (unpaired) electrons. The smallest absolute Gasteiger partial charge is 0.338 e. The zero-order chi connectivity index (χ0) is 17.0. The van der Waals surface area contributed by atoms with Crippen molar-refractivity contribution >= 4 is 23.6 Å². The fourth-order valence-corrected chi connectivity index (χ4v) is 2.64. The van der Waals surface area contributed by atoms with Crippen LogP contribution in [0.25, 0.3) is 0 Å². The molecule has 0 amide bonds. The Balaban J connectivity index is 2.57.